The number of imidazole rings is 1. The number of alkyl halides is 3. The summed E-state index contributed by atoms with van der Waals surface area (Å²) in [7, 11) is 0. The zero-order chi connectivity index (χ0) is 23.7. The molecule has 0 aliphatic carbocycles. The van der Waals surface area contributed by atoms with E-state index < -0.39 is 11.7 Å². The number of benzene rings is 4. The van der Waals surface area contributed by atoms with Gasteiger partial charge < -0.3 is 10.3 Å². The zero-order valence-corrected chi connectivity index (χ0v) is 17.7. The van der Waals surface area contributed by atoms with E-state index in [0.717, 1.165) is 40.2 Å². The fourth-order valence-electron chi connectivity index (χ4n) is 3.72. The van der Waals surface area contributed by atoms with E-state index in [4.69, 9.17) is 5.26 Å². The number of fused-ring (bicyclic) bond motifs is 1. The van der Waals surface area contributed by atoms with E-state index in [1.165, 1.54) is 6.07 Å². The molecule has 0 radical (unpaired) electrons. The second kappa shape index (κ2) is 8.41. The Labute approximate surface area is 193 Å². The number of nitrogens with one attached hydrogen (secondary N) is 2. The summed E-state index contributed by atoms with van der Waals surface area (Å²) in [5.41, 5.74) is 5.22. The normalized spacial score (nSPS) is 11.4. The summed E-state index contributed by atoms with van der Waals surface area (Å²) < 4.78 is 39.0. The average Bonchev–Trinajstić information content (AvgIpc) is 3.28. The molecule has 0 spiro atoms. The minimum atomic E-state index is -4.40. The van der Waals surface area contributed by atoms with Crippen molar-refractivity contribution in [1.29, 1.82) is 5.26 Å². The minimum Gasteiger partial charge on any atom is -0.356 e. The average molecular weight is 454 g/mol. The highest BCUT2D eigenvalue weighted by Gasteiger charge is 2.30. The molecule has 5 rings (SSSR count). The van der Waals surface area contributed by atoms with Crippen LogP contribution in [0.25, 0.3) is 33.5 Å². The third-order valence-electron chi connectivity index (χ3n) is 5.47. The first-order valence-electron chi connectivity index (χ1n) is 10.4. The van der Waals surface area contributed by atoms with Crippen molar-refractivity contribution in [2.45, 2.75) is 6.18 Å². The first-order chi connectivity index (χ1) is 16.4. The lowest BCUT2D eigenvalue weighted by atomic mass is 10.0. The topological polar surface area (TPSA) is 64.5 Å². The summed E-state index contributed by atoms with van der Waals surface area (Å²) in [5.74, 6) is 0.495. The quantitative estimate of drug-likeness (QED) is 0.295. The van der Waals surface area contributed by atoms with Crippen LogP contribution in [0.1, 0.15) is 11.1 Å². The van der Waals surface area contributed by atoms with Crippen LogP contribution < -0.4 is 5.32 Å². The van der Waals surface area contributed by atoms with Crippen LogP contribution in [0.5, 0.6) is 0 Å². The van der Waals surface area contributed by atoms with Crippen molar-refractivity contribution in [2.75, 3.05) is 5.32 Å². The number of hydrogen-bond acceptors (Lipinski definition) is 3. The van der Waals surface area contributed by atoms with Gasteiger partial charge in [0.15, 0.2) is 0 Å². The van der Waals surface area contributed by atoms with Crippen LogP contribution in [0.2, 0.25) is 0 Å². The van der Waals surface area contributed by atoms with Crippen LogP contribution in [0.3, 0.4) is 0 Å². The van der Waals surface area contributed by atoms with Gasteiger partial charge in [-0.1, -0.05) is 36.4 Å². The highest BCUT2D eigenvalue weighted by molar-refractivity contribution is 5.81. The molecule has 0 saturated heterocycles. The number of anilines is 2. The Hall–Kier alpha value is -4.57. The summed E-state index contributed by atoms with van der Waals surface area (Å²) in [4.78, 5) is 7.43. The maximum Gasteiger partial charge on any atom is 0.416 e. The lowest BCUT2D eigenvalue weighted by Gasteiger charge is -2.09. The lowest BCUT2D eigenvalue weighted by molar-refractivity contribution is -0.137. The van der Waals surface area contributed by atoms with E-state index in [1.807, 2.05) is 60.7 Å². The first kappa shape index (κ1) is 21.3. The van der Waals surface area contributed by atoms with Gasteiger partial charge in [-0.25, -0.2) is 4.98 Å². The van der Waals surface area contributed by atoms with E-state index in [1.54, 1.807) is 12.1 Å². The Balaban J connectivity index is 1.36. The summed E-state index contributed by atoms with van der Waals surface area (Å²) in [6, 6.07) is 28.4. The molecule has 0 fully saturated rings. The predicted molar refractivity (Wildman–Crippen MR) is 126 cm³/mol. The van der Waals surface area contributed by atoms with Crippen molar-refractivity contribution in [1.82, 2.24) is 9.97 Å². The predicted octanol–water partition coefficient (Wildman–Crippen LogP) is 7.53. The number of rotatable bonds is 4. The molecule has 4 aromatic carbocycles. The Bertz CT molecular complexity index is 1510. The van der Waals surface area contributed by atoms with E-state index in [9.17, 15) is 13.2 Å². The van der Waals surface area contributed by atoms with Gasteiger partial charge in [0.1, 0.15) is 5.82 Å². The first-order valence-corrected chi connectivity index (χ1v) is 10.4. The molecule has 5 aromatic rings. The van der Waals surface area contributed by atoms with Crippen LogP contribution >= 0.6 is 0 Å². The molecule has 0 saturated carbocycles. The Kier molecular flexibility index (Phi) is 5.27. The number of H-pyrrole nitrogens is 1. The largest absolute Gasteiger partial charge is 0.416 e. The highest BCUT2D eigenvalue weighted by Crippen LogP contribution is 2.32. The summed E-state index contributed by atoms with van der Waals surface area (Å²) in [5, 5.41) is 12.3. The molecule has 2 N–H and O–H groups in total. The molecule has 1 aromatic heterocycles. The van der Waals surface area contributed by atoms with Gasteiger partial charge in [-0.2, -0.15) is 18.4 Å². The molecule has 7 heteroatoms. The van der Waals surface area contributed by atoms with Gasteiger partial charge in [-0.05, 0) is 65.7 Å². The van der Waals surface area contributed by atoms with Crippen molar-refractivity contribution in [3.05, 3.63) is 102 Å². The van der Waals surface area contributed by atoms with Crippen LogP contribution in [-0.2, 0) is 6.18 Å². The molecule has 4 nitrogen and oxygen atoms in total. The molecule has 1 heterocycles. The van der Waals surface area contributed by atoms with Gasteiger partial charge in [-0.3, -0.25) is 0 Å². The lowest BCUT2D eigenvalue weighted by Crippen LogP contribution is -2.04. The van der Waals surface area contributed by atoms with Gasteiger partial charge in [0, 0.05) is 16.9 Å². The third-order valence-corrected chi connectivity index (χ3v) is 5.47. The third kappa shape index (κ3) is 4.34. The van der Waals surface area contributed by atoms with Gasteiger partial charge in [0.2, 0.25) is 0 Å². The van der Waals surface area contributed by atoms with E-state index >= 15 is 0 Å². The smallest absolute Gasteiger partial charge is 0.356 e. The Morgan fingerprint density at radius 2 is 1.47 bits per heavy atom. The Morgan fingerprint density at radius 3 is 2.15 bits per heavy atom. The van der Waals surface area contributed by atoms with Crippen molar-refractivity contribution in [3.8, 4) is 28.6 Å². The molecule has 0 aliphatic heterocycles. The van der Waals surface area contributed by atoms with Crippen molar-refractivity contribution in [3.63, 3.8) is 0 Å². The van der Waals surface area contributed by atoms with Gasteiger partial charge in [-0.15, -0.1) is 0 Å². The summed E-state index contributed by atoms with van der Waals surface area (Å²) in [6.45, 7) is 0. The van der Waals surface area contributed by atoms with Crippen molar-refractivity contribution >= 4 is 22.4 Å². The molecule has 0 unspecified atom stereocenters. The maximum absolute atomic E-state index is 13.0. The minimum absolute atomic E-state index is 0.335. The number of aromatic nitrogens is 2. The number of aromatic amines is 1. The molecule has 34 heavy (non-hydrogen) atoms. The van der Waals surface area contributed by atoms with Gasteiger partial charge >= 0.3 is 6.18 Å². The zero-order valence-electron chi connectivity index (χ0n) is 17.7. The molecular formula is C27H17F3N4. The number of hydrogen-bond donors (Lipinski definition) is 2. The van der Waals surface area contributed by atoms with Crippen molar-refractivity contribution < 1.29 is 13.2 Å². The fraction of sp³-hybridized carbons (Fsp3) is 0.0370. The SMILES string of the molecule is N#Cc1ccc(-c2ccc(Nc3cccc(-c4nc5ccc(C(F)(F)F)cc5[nH]4)c3)cc2)cc1. The van der Waals surface area contributed by atoms with E-state index in [0.29, 0.717) is 22.4 Å². The molecule has 166 valence electrons. The number of nitriles is 1. The van der Waals surface area contributed by atoms with E-state index in [2.05, 4.69) is 21.4 Å². The number of nitrogens with zero attached hydrogens (tertiary/aromatic N) is 2. The standard InChI is InChI=1S/C27H17F3N4/c28-27(29,30)21-10-13-24-25(15-21)34-26(33-24)20-2-1-3-23(14-20)32-22-11-8-19(9-12-22)18-6-4-17(16-31)5-7-18/h1-15,32H,(H,33,34). The van der Waals surface area contributed by atoms with E-state index in [-0.39, 0.29) is 0 Å². The van der Waals surface area contributed by atoms with Gasteiger partial charge in [0.05, 0.1) is 28.2 Å². The van der Waals surface area contributed by atoms with Crippen molar-refractivity contribution in [2.24, 2.45) is 0 Å². The second-order valence-corrected chi connectivity index (χ2v) is 7.79. The monoisotopic (exact) mass is 454 g/mol. The summed E-state index contributed by atoms with van der Waals surface area (Å²) >= 11 is 0. The van der Waals surface area contributed by atoms with Crippen LogP contribution in [-0.4, -0.2) is 9.97 Å². The molecule has 0 amide bonds. The highest BCUT2D eigenvalue weighted by atomic mass is 19.4. The van der Waals surface area contributed by atoms with Gasteiger partial charge in [0.25, 0.3) is 0 Å². The van der Waals surface area contributed by atoms with Crippen LogP contribution in [0.4, 0.5) is 24.5 Å². The van der Waals surface area contributed by atoms with Crippen LogP contribution in [0, 0.1) is 11.3 Å². The molecule has 0 atom stereocenters. The fourth-order valence-corrected chi connectivity index (χ4v) is 3.72. The molecule has 0 bridgehead atoms. The number of halogens is 3. The van der Waals surface area contributed by atoms with Crippen LogP contribution in [0.15, 0.2) is 91.0 Å². The maximum atomic E-state index is 13.0. The molecular weight excluding hydrogens is 437 g/mol. The second-order valence-electron chi connectivity index (χ2n) is 7.79. The summed E-state index contributed by atoms with van der Waals surface area (Å²) in [6.07, 6.45) is -4.40. The Morgan fingerprint density at radius 1 is 0.765 bits per heavy atom. The molecule has 0 aliphatic rings.